The van der Waals surface area contributed by atoms with Crippen LogP contribution >= 0.6 is 23.2 Å². The Bertz CT molecular complexity index is 428. The minimum absolute atomic E-state index is 0.628. The summed E-state index contributed by atoms with van der Waals surface area (Å²) in [7, 11) is 0. The molecule has 4 heteroatoms. The topological polar surface area (TPSA) is 15.3 Å². The predicted molar refractivity (Wildman–Crippen MR) is 87.6 cm³/mol. The maximum Gasteiger partial charge on any atom is 0.0595 e. The summed E-state index contributed by atoms with van der Waals surface area (Å²) in [6.45, 7) is 8.85. The summed E-state index contributed by atoms with van der Waals surface area (Å²) in [6.07, 6.45) is 2.59. The second kappa shape index (κ2) is 7.65. The van der Waals surface area contributed by atoms with E-state index in [9.17, 15) is 0 Å². The van der Waals surface area contributed by atoms with Crippen molar-refractivity contribution in [1.82, 2.24) is 10.2 Å². The van der Waals surface area contributed by atoms with E-state index in [1.807, 2.05) is 12.1 Å². The third kappa shape index (κ3) is 4.92. The van der Waals surface area contributed by atoms with Gasteiger partial charge in [0, 0.05) is 25.7 Å². The van der Waals surface area contributed by atoms with Crippen molar-refractivity contribution < 1.29 is 0 Å². The molecule has 2 rings (SSSR count). The largest absolute Gasteiger partial charge is 0.313 e. The first-order valence-corrected chi connectivity index (χ1v) is 8.20. The van der Waals surface area contributed by atoms with Gasteiger partial charge in [-0.05, 0) is 43.0 Å². The summed E-state index contributed by atoms with van der Waals surface area (Å²) in [5, 5.41) is 4.85. The van der Waals surface area contributed by atoms with Crippen LogP contribution in [0.4, 0.5) is 0 Å². The van der Waals surface area contributed by atoms with Gasteiger partial charge >= 0.3 is 0 Å². The van der Waals surface area contributed by atoms with Crippen molar-refractivity contribution in [1.29, 1.82) is 0 Å². The number of rotatable bonds is 6. The van der Waals surface area contributed by atoms with Gasteiger partial charge in [-0.25, -0.2) is 0 Å². The van der Waals surface area contributed by atoms with E-state index in [1.165, 1.54) is 18.4 Å². The van der Waals surface area contributed by atoms with Crippen molar-refractivity contribution in [2.75, 3.05) is 19.6 Å². The average Bonchev–Trinajstić information content (AvgIpc) is 2.86. The second-order valence-electron chi connectivity index (χ2n) is 6.13. The standard InChI is InChI=1S/C16H24Cl2N2/c1-12(2)9-20(11-14-4-3-7-19-14)10-13-5-6-15(17)16(18)8-13/h5-6,8,12,14,19H,3-4,7,9-11H2,1-2H3. The van der Waals surface area contributed by atoms with Crippen LogP contribution in [0, 0.1) is 5.92 Å². The monoisotopic (exact) mass is 314 g/mol. The van der Waals surface area contributed by atoms with E-state index < -0.39 is 0 Å². The fourth-order valence-corrected chi connectivity index (χ4v) is 3.16. The van der Waals surface area contributed by atoms with Crippen LogP contribution in [0.1, 0.15) is 32.3 Å². The Labute approximate surface area is 132 Å². The molecule has 1 N–H and O–H groups in total. The van der Waals surface area contributed by atoms with E-state index in [-0.39, 0.29) is 0 Å². The Balaban J connectivity index is 1.99. The summed E-state index contributed by atoms with van der Waals surface area (Å²) in [6, 6.07) is 6.58. The molecule has 1 aliphatic rings. The third-order valence-corrected chi connectivity index (χ3v) is 4.39. The van der Waals surface area contributed by atoms with Crippen molar-refractivity contribution >= 4 is 23.2 Å². The van der Waals surface area contributed by atoms with Crippen molar-refractivity contribution in [2.24, 2.45) is 5.92 Å². The summed E-state index contributed by atoms with van der Waals surface area (Å²) < 4.78 is 0. The molecule has 1 fully saturated rings. The Morgan fingerprint density at radius 2 is 2.10 bits per heavy atom. The van der Waals surface area contributed by atoms with Crippen molar-refractivity contribution in [3.63, 3.8) is 0 Å². The van der Waals surface area contributed by atoms with E-state index in [0.717, 1.165) is 26.2 Å². The highest BCUT2D eigenvalue weighted by Gasteiger charge is 2.18. The molecule has 0 bridgehead atoms. The van der Waals surface area contributed by atoms with Crippen LogP contribution in [0.25, 0.3) is 0 Å². The molecule has 0 aromatic heterocycles. The molecule has 1 atom stereocenters. The minimum Gasteiger partial charge on any atom is -0.313 e. The summed E-state index contributed by atoms with van der Waals surface area (Å²) in [5.74, 6) is 0.666. The van der Waals surface area contributed by atoms with Crippen LogP contribution in [0.15, 0.2) is 18.2 Å². The van der Waals surface area contributed by atoms with Crippen LogP contribution in [0.2, 0.25) is 10.0 Å². The third-order valence-electron chi connectivity index (χ3n) is 3.65. The first-order chi connectivity index (χ1) is 9.54. The second-order valence-corrected chi connectivity index (χ2v) is 6.94. The van der Waals surface area contributed by atoms with Gasteiger partial charge in [-0.15, -0.1) is 0 Å². The van der Waals surface area contributed by atoms with Gasteiger partial charge in [-0.3, -0.25) is 4.90 Å². The van der Waals surface area contributed by atoms with Gasteiger partial charge in [0.15, 0.2) is 0 Å². The fourth-order valence-electron chi connectivity index (χ4n) is 2.84. The number of hydrogen-bond acceptors (Lipinski definition) is 2. The van der Waals surface area contributed by atoms with Crippen LogP contribution in [-0.2, 0) is 6.54 Å². The average molecular weight is 315 g/mol. The maximum atomic E-state index is 6.11. The van der Waals surface area contributed by atoms with Crippen LogP contribution in [-0.4, -0.2) is 30.6 Å². The van der Waals surface area contributed by atoms with Gasteiger partial charge in [0.1, 0.15) is 0 Å². The van der Waals surface area contributed by atoms with Crippen LogP contribution in [0.5, 0.6) is 0 Å². The molecule has 0 saturated carbocycles. The van der Waals surface area contributed by atoms with E-state index in [1.54, 1.807) is 0 Å². The van der Waals surface area contributed by atoms with Gasteiger partial charge in [0.25, 0.3) is 0 Å². The molecule has 1 unspecified atom stereocenters. The molecule has 2 nitrogen and oxygen atoms in total. The number of halogens is 2. The molecule has 1 aromatic carbocycles. The zero-order chi connectivity index (χ0) is 14.5. The Morgan fingerprint density at radius 3 is 2.70 bits per heavy atom. The quantitative estimate of drug-likeness (QED) is 0.846. The molecule has 0 amide bonds. The molecule has 1 heterocycles. The molecule has 1 aromatic rings. The van der Waals surface area contributed by atoms with E-state index >= 15 is 0 Å². The lowest BCUT2D eigenvalue weighted by molar-refractivity contribution is 0.216. The highest BCUT2D eigenvalue weighted by Crippen LogP contribution is 2.23. The molecule has 1 aliphatic heterocycles. The fraction of sp³-hybridized carbons (Fsp3) is 0.625. The van der Waals surface area contributed by atoms with Gasteiger partial charge in [0.05, 0.1) is 10.0 Å². The van der Waals surface area contributed by atoms with Crippen molar-refractivity contribution in [2.45, 2.75) is 39.3 Å². The first kappa shape index (κ1) is 16.1. The lowest BCUT2D eigenvalue weighted by Crippen LogP contribution is -2.38. The zero-order valence-electron chi connectivity index (χ0n) is 12.3. The lowest BCUT2D eigenvalue weighted by atomic mass is 10.1. The number of benzene rings is 1. The molecule has 0 spiro atoms. The van der Waals surface area contributed by atoms with Crippen molar-refractivity contribution in [3.05, 3.63) is 33.8 Å². The molecule has 0 aliphatic carbocycles. The number of nitrogens with zero attached hydrogens (tertiary/aromatic N) is 1. The molecular formula is C16H24Cl2N2. The van der Waals surface area contributed by atoms with Crippen LogP contribution < -0.4 is 5.32 Å². The summed E-state index contributed by atoms with van der Waals surface area (Å²) in [5.41, 5.74) is 1.23. The predicted octanol–water partition coefficient (Wildman–Crippen LogP) is 4.20. The number of hydrogen-bond donors (Lipinski definition) is 1. The lowest BCUT2D eigenvalue weighted by Gasteiger charge is -2.27. The summed E-state index contributed by atoms with van der Waals surface area (Å²) >= 11 is 12.1. The smallest absolute Gasteiger partial charge is 0.0595 e. The molecule has 20 heavy (non-hydrogen) atoms. The van der Waals surface area contributed by atoms with Gasteiger partial charge < -0.3 is 5.32 Å². The van der Waals surface area contributed by atoms with E-state index in [0.29, 0.717) is 22.0 Å². The Hall–Kier alpha value is -0.280. The SMILES string of the molecule is CC(C)CN(Cc1ccc(Cl)c(Cl)c1)CC1CCCN1. The maximum absolute atomic E-state index is 6.11. The van der Waals surface area contributed by atoms with Crippen LogP contribution in [0.3, 0.4) is 0 Å². The normalized spacial score (nSPS) is 19.2. The van der Waals surface area contributed by atoms with E-state index in [4.69, 9.17) is 23.2 Å². The zero-order valence-corrected chi connectivity index (χ0v) is 13.8. The minimum atomic E-state index is 0.628. The van der Waals surface area contributed by atoms with Gasteiger partial charge in [-0.1, -0.05) is 43.1 Å². The molecule has 112 valence electrons. The number of nitrogens with one attached hydrogen (secondary N) is 1. The highest BCUT2D eigenvalue weighted by atomic mass is 35.5. The molecule has 1 saturated heterocycles. The first-order valence-electron chi connectivity index (χ1n) is 7.44. The molecule has 0 radical (unpaired) electrons. The van der Waals surface area contributed by atoms with E-state index in [2.05, 4.69) is 30.1 Å². The van der Waals surface area contributed by atoms with Gasteiger partial charge in [-0.2, -0.15) is 0 Å². The Morgan fingerprint density at radius 1 is 1.30 bits per heavy atom. The van der Waals surface area contributed by atoms with Crippen molar-refractivity contribution in [3.8, 4) is 0 Å². The van der Waals surface area contributed by atoms with Gasteiger partial charge in [0.2, 0.25) is 0 Å². The Kier molecular flexibility index (Phi) is 6.16. The highest BCUT2D eigenvalue weighted by molar-refractivity contribution is 6.42. The molecular weight excluding hydrogens is 291 g/mol. The summed E-state index contributed by atoms with van der Waals surface area (Å²) in [4.78, 5) is 2.52.